The highest BCUT2D eigenvalue weighted by Crippen LogP contribution is 2.26. The quantitative estimate of drug-likeness (QED) is 0.840. The first kappa shape index (κ1) is 15.7. The molecular formula is C13H18N2O5S. The number of hydrogen-bond donors (Lipinski definition) is 2. The molecule has 0 bridgehead atoms. The molecule has 1 aromatic heterocycles. The van der Waals surface area contributed by atoms with E-state index in [1.807, 2.05) is 0 Å². The number of sulfonamides is 1. The maximum Gasteiger partial charge on any atom is 0.306 e. The van der Waals surface area contributed by atoms with Crippen LogP contribution in [-0.4, -0.2) is 37.6 Å². The largest absolute Gasteiger partial charge is 0.495 e. The zero-order valence-corrected chi connectivity index (χ0v) is 12.5. The second-order valence-electron chi connectivity index (χ2n) is 5.07. The Hall–Kier alpha value is -1.67. The van der Waals surface area contributed by atoms with Gasteiger partial charge in [-0.1, -0.05) is 0 Å². The SMILES string of the molecule is COc1cncc(S(=O)(=O)NC2CCC(C(=O)O)CC2)c1. The number of pyridine rings is 1. The van der Waals surface area contributed by atoms with E-state index in [0.717, 1.165) is 0 Å². The van der Waals surface area contributed by atoms with Crippen LogP contribution < -0.4 is 9.46 Å². The normalized spacial score (nSPS) is 22.7. The predicted octanol–water partition coefficient (Wildman–Crippen LogP) is 1.01. The van der Waals surface area contributed by atoms with Crippen LogP contribution in [0.1, 0.15) is 25.7 Å². The predicted molar refractivity (Wildman–Crippen MR) is 74.5 cm³/mol. The van der Waals surface area contributed by atoms with E-state index >= 15 is 0 Å². The Bertz CT molecular complexity index is 609. The molecule has 0 amide bonds. The van der Waals surface area contributed by atoms with E-state index in [9.17, 15) is 13.2 Å². The number of hydrogen-bond acceptors (Lipinski definition) is 5. The Morgan fingerprint density at radius 3 is 2.57 bits per heavy atom. The smallest absolute Gasteiger partial charge is 0.306 e. The highest BCUT2D eigenvalue weighted by Gasteiger charge is 2.29. The summed E-state index contributed by atoms with van der Waals surface area (Å²) in [7, 11) is -2.23. The van der Waals surface area contributed by atoms with Gasteiger partial charge >= 0.3 is 5.97 Å². The minimum atomic E-state index is -3.67. The van der Waals surface area contributed by atoms with Crippen LogP contribution in [0.5, 0.6) is 5.75 Å². The van der Waals surface area contributed by atoms with E-state index < -0.39 is 16.0 Å². The Morgan fingerprint density at radius 1 is 1.33 bits per heavy atom. The van der Waals surface area contributed by atoms with Crippen molar-refractivity contribution < 1.29 is 23.1 Å². The number of methoxy groups -OCH3 is 1. The first-order valence-electron chi connectivity index (χ1n) is 6.66. The van der Waals surface area contributed by atoms with E-state index in [1.165, 1.54) is 25.6 Å². The van der Waals surface area contributed by atoms with Crippen LogP contribution in [0.2, 0.25) is 0 Å². The zero-order chi connectivity index (χ0) is 15.5. The summed E-state index contributed by atoms with van der Waals surface area (Å²) in [6.07, 6.45) is 4.70. The van der Waals surface area contributed by atoms with Crippen LogP contribution in [0.15, 0.2) is 23.4 Å². The molecule has 0 saturated heterocycles. The zero-order valence-electron chi connectivity index (χ0n) is 11.7. The first-order chi connectivity index (χ1) is 9.92. The number of aromatic nitrogens is 1. The van der Waals surface area contributed by atoms with Gasteiger partial charge in [0.1, 0.15) is 10.6 Å². The lowest BCUT2D eigenvalue weighted by Crippen LogP contribution is -2.38. The van der Waals surface area contributed by atoms with Gasteiger partial charge in [0.05, 0.1) is 19.2 Å². The summed E-state index contributed by atoms with van der Waals surface area (Å²) in [6.45, 7) is 0. The summed E-state index contributed by atoms with van der Waals surface area (Å²) in [6, 6.07) is 1.16. The van der Waals surface area contributed by atoms with Crippen molar-refractivity contribution in [1.29, 1.82) is 0 Å². The molecule has 1 heterocycles. The molecule has 1 saturated carbocycles. The molecule has 0 aromatic carbocycles. The van der Waals surface area contributed by atoms with Crippen LogP contribution in [-0.2, 0) is 14.8 Å². The molecule has 0 atom stereocenters. The summed E-state index contributed by atoms with van der Waals surface area (Å²) in [5.41, 5.74) is 0. The molecule has 1 aliphatic rings. The van der Waals surface area contributed by atoms with Crippen LogP contribution in [0, 0.1) is 5.92 Å². The molecule has 0 spiro atoms. The fourth-order valence-electron chi connectivity index (χ4n) is 2.40. The van der Waals surface area contributed by atoms with E-state index in [4.69, 9.17) is 9.84 Å². The third-order valence-corrected chi connectivity index (χ3v) is 5.12. The number of rotatable bonds is 5. The average molecular weight is 314 g/mol. The van der Waals surface area contributed by atoms with Gasteiger partial charge in [-0.15, -0.1) is 0 Å². The second kappa shape index (κ2) is 6.40. The third kappa shape index (κ3) is 3.92. The lowest BCUT2D eigenvalue weighted by molar-refractivity contribution is -0.142. The number of carboxylic acid groups (broad SMARTS) is 1. The van der Waals surface area contributed by atoms with Crippen molar-refractivity contribution >= 4 is 16.0 Å². The Labute approximate surface area is 123 Å². The van der Waals surface area contributed by atoms with Crippen LogP contribution in [0.25, 0.3) is 0 Å². The van der Waals surface area contributed by atoms with Gasteiger partial charge in [-0.2, -0.15) is 0 Å². The van der Waals surface area contributed by atoms with Crippen LogP contribution in [0.4, 0.5) is 0 Å². The molecule has 0 aliphatic heterocycles. The van der Waals surface area contributed by atoms with E-state index in [0.29, 0.717) is 31.4 Å². The Morgan fingerprint density at radius 2 is 2.00 bits per heavy atom. The lowest BCUT2D eigenvalue weighted by atomic mass is 9.87. The number of ether oxygens (including phenoxy) is 1. The van der Waals surface area contributed by atoms with Gasteiger partial charge in [0.2, 0.25) is 10.0 Å². The highest BCUT2D eigenvalue weighted by atomic mass is 32.2. The molecule has 0 unspecified atom stereocenters. The Kier molecular flexibility index (Phi) is 4.79. The van der Waals surface area contributed by atoms with Gasteiger partial charge in [-0.25, -0.2) is 13.1 Å². The summed E-state index contributed by atoms with van der Waals surface area (Å²) in [4.78, 5) is 14.7. The maximum absolute atomic E-state index is 12.3. The molecule has 0 radical (unpaired) electrons. The fourth-order valence-corrected chi connectivity index (χ4v) is 3.68. The van der Waals surface area contributed by atoms with Gasteiger partial charge in [0.25, 0.3) is 0 Å². The lowest BCUT2D eigenvalue weighted by Gasteiger charge is -2.26. The summed E-state index contributed by atoms with van der Waals surface area (Å²) >= 11 is 0. The monoisotopic (exact) mass is 314 g/mol. The summed E-state index contributed by atoms with van der Waals surface area (Å²) < 4.78 is 32.1. The molecular weight excluding hydrogens is 296 g/mol. The van der Waals surface area contributed by atoms with Gasteiger partial charge in [-0.3, -0.25) is 9.78 Å². The maximum atomic E-state index is 12.3. The summed E-state index contributed by atoms with van der Waals surface area (Å²) in [5, 5.41) is 8.93. The van der Waals surface area contributed by atoms with Crippen LogP contribution in [0.3, 0.4) is 0 Å². The van der Waals surface area contributed by atoms with Crippen molar-refractivity contribution in [1.82, 2.24) is 9.71 Å². The van der Waals surface area contributed by atoms with Crippen molar-refractivity contribution in [3.63, 3.8) is 0 Å². The number of carbonyl (C=O) groups is 1. The van der Waals surface area contributed by atoms with Gasteiger partial charge in [-0.05, 0) is 25.7 Å². The molecule has 116 valence electrons. The first-order valence-corrected chi connectivity index (χ1v) is 8.15. The summed E-state index contributed by atoms with van der Waals surface area (Å²) in [5.74, 6) is -0.815. The van der Waals surface area contributed by atoms with Crippen LogP contribution >= 0.6 is 0 Å². The Balaban J connectivity index is 2.03. The molecule has 21 heavy (non-hydrogen) atoms. The average Bonchev–Trinajstić information content (AvgIpc) is 2.47. The molecule has 1 aromatic rings. The molecule has 7 nitrogen and oxygen atoms in total. The molecule has 2 N–H and O–H groups in total. The van der Waals surface area contributed by atoms with E-state index in [-0.39, 0.29) is 16.9 Å². The molecule has 1 fully saturated rings. The number of carboxylic acids is 1. The number of nitrogens with one attached hydrogen (secondary N) is 1. The minimum Gasteiger partial charge on any atom is -0.495 e. The van der Waals surface area contributed by atoms with Gasteiger partial charge in [0, 0.05) is 18.3 Å². The van der Waals surface area contributed by atoms with Gasteiger partial charge < -0.3 is 9.84 Å². The third-order valence-electron chi connectivity index (χ3n) is 3.63. The van der Waals surface area contributed by atoms with Crippen molar-refractivity contribution in [3.05, 3.63) is 18.5 Å². The second-order valence-corrected chi connectivity index (χ2v) is 6.78. The van der Waals surface area contributed by atoms with Crippen molar-refractivity contribution in [2.45, 2.75) is 36.6 Å². The highest BCUT2D eigenvalue weighted by molar-refractivity contribution is 7.89. The standard InChI is InChI=1S/C13H18N2O5S/c1-20-11-6-12(8-14-7-11)21(18,19)15-10-4-2-9(3-5-10)13(16)17/h6-10,15H,2-5H2,1H3,(H,16,17). The topological polar surface area (TPSA) is 106 Å². The fraction of sp³-hybridized carbons (Fsp3) is 0.538. The molecule has 1 aliphatic carbocycles. The van der Waals surface area contributed by atoms with Crippen molar-refractivity contribution in [2.75, 3.05) is 7.11 Å². The van der Waals surface area contributed by atoms with Crippen molar-refractivity contribution in [3.8, 4) is 5.75 Å². The van der Waals surface area contributed by atoms with Crippen molar-refractivity contribution in [2.24, 2.45) is 5.92 Å². The van der Waals surface area contributed by atoms with E-state index in [2.05, 4.69) is 9.71 Å². The van der Waals surface area contributed by atoms with E-state index in [1.54, 1.807) is 0 Å². The number of aliphatic carboxylic acids is 1. The molecule has 8 heteroatoms. The number of nitrogens with zero attached hydrogens (tertiary/aromatic N) is 1. The molecule has 2 rings (SSSR count). The minimum absolute atomic E-state index is 0.0437. The van der Waals surface area contributed by atoms with Gasteiger partial charge in [0.15, 0.2) is 0 Å².